The van der Waals surface area contributed by atoms with E-state index < -0.39 is 0 Å². The average molecular weight is 260 g/mol. The smallest absolute Gasteiger partial charge is 0.252 e. The van der Waals surface area contributed by atoms with Gasteiger partial charge in [0.15, 0.2) is 0 Å². The van der Waals surface area contributed by atoms with Gasteiger partial charge in [-0.05, 0) is 25.5 Å². The van der Waals surface area contributed by atoms with Crippen LogP contribution in [0.15, 0.2) is 23.0 Å². The van der Waals surface area contributed by atoms with E-state index in [1.165, 1.54) is 0 Å². The van der Waals surface area contributed by atoms with E-state index in [1.807, 2.05) is 13.0 Å². The molecule has 6 heteroatoms. The lowest BCUT2D eigenvalue weighted by molar-refractivity contribution is -0.0841. The Labute approximate surface area is 111 Å². The number of hydrogen-bond donors (Lipinski definition) is 1. The molecule has 1 saturated heterocycles. The number of nitrogens with zero attached hydrogens (tertiary/aromatic N) is 3. The summed E-state index contributed by atoms with van der Waals surface area (Å²) in [5, 5.41) is 7.16. The Bertz CT molecular complexity index is 578. The monoisotopic (exact) mass is 260 g/mol. The summed E-state index contributed by atoms with van der Waals surface area (Å²) >= 11 is 0. The van der Waals surface area contributed by atoms with Crippen LogP contribution in [0.2, 0.25) is 0 Å². The molecule has 1 aliphatic rings. The second-order valence-corrected chi connectivity index (χ2v) is 5.04. The standard InChI is InChI=1S/C13H16N4O2/c1-9-5-14-4-3-10(9)12-16-11(19-17-12)6-18-13(2)7-15-8-13/h3-5,15H,6-8H2,1-2H3. The maximum absolute atomic E-state index is 5.76. The summed E-state index contributed by atoms with van der Waals surface area (Å²) < 4.78 is 11.0. The van der Waals surface area contributed by atoms with E-state index in [-0.39, 0.29) is 5.60 Å². The summed E-state index contributed by atoms with van der Waals surface area (Å²) in [6.07, 6.45) is 3.50. The Morgan fingerprint density at radius 2 is 2.32 bits per heavy atom. The Balaban J connectivity index is 1.71. The van der Waals surface area contributed by atoms with Crippen LogP contribution < -0.4 is 5.32 Å². The van der Waals surface area contributed by atoms with Gasteiger partial charge in [0.1, 0.15) is 6.61 Å². The molecule has 0 radical (unpaired) electrons. The maximum Gasteiger partial charge on any atom is 0.252 e. The van der Waals surface area contributed by atoms with Crippen LogP contribution in [0.1, 0.15) is 18.4 Å². The molecular weight excluding hydrogens is 244 g/mol. The molecule has 0 spiro atoms. The summed E-state index contributed by atoms with van der Waals surface area (Å²) in [5.74, 6) is 1.08. The van der Waals surface area contributed by atoms with Crippen LogP contribution in [0, 0.1) is 6.92 Å². The number of pyridine rings is 1. The number of rotatable bonds is 4. The first-order chi connectivity index (χ1) is 9.16. The quantitative estimate of drug-likeness (QED) is 0.893. The van der Waals surface area contributed by atoms with E-state index >= 15 is 0 Å². The molecule has 0 saturated carbocycles. The van der Waals surface area contributed by atoms with Crippen molar-refractivity contribution in [1.82, 2.24) is 20.4 Å². The second kappa shape index (κ2) is 4.71. The van der Waals surface area contributed by atoms with Crippen LogP contribution in [-0.2, 0) is 11.3 Å². The van der Waals surface area contributed by atoms with Gasteiger partial charge in [-0.25, -0.2) is 0 Å². The molecule has 0 aliphatic carbocycles. The maximum atomic E-state index is 5.76. The highest BCUT2D eigenvalue weighted by Gasteiger charge is 2.33. The topological polar surface area (TPSA) is 73.1 Å². The Hall–Kier alpha value is -1.79. The molecule has 3 heterocycles. The number of hydrogen-bond acceptors (Lipinski definition) is 6. The molecule has 0 unspecified atom stereocenters. The van der Waals surface area contributed by atoms with E-state index in [4.69, 9.17) is 9.26 Å². The molecule has 100 valence electrons. The van der Waals surface area contributed by atoms with Crippen LogP contribution >= 0.6 is 0 Å². The fourth-order valence-corrected chi connectivity index (χ4v) is 1.96. The summed E-state index contributed by atoms with van der Waals surface area (Å²) in [7, 11) is 0. The molecule has 1 aliphatic heterocycles. The summed E-state index contributed by atoms with van der Waals surface area (Å²) in [5.41, 5.74) is 1.84. The lowest BCUT2D eigenvalue weighted by Crippen LogP contribution is -2.58. The normalized spacial score (nSPS) is 17.2. The van der Waals surface area contributed by atoms with Crippen molar-refractivity contribution in [2.24, 2.45) is 0 Å². The first-order valence-corrected chi connectivity index (χ1v) is 6.25. The highest BCUT2D eigenvalue weighted by Crippen LogP contribution is 2.21. The number of ether oxygens (including phenoxy) is 1. The van der Waals surface area contributed by atoms with E-state index in [2.05, 4.69) is 27.4 Å². The molecule has 3 rings (SSSR count). The van der Waals surface area contributed by atoms with Gasteiger partial charge in [0.05, 0.1) is 5.60 Å². The average Bonchev–Trinajstić information content (AvgIpc) is 2.83. The van der Waals surface area contributed by atoms with Crippen LogP contribution in [0.3, 0.4) is 0 Å². The fraction of sp³-hybridized carbons (Fsp3) is 0.462. The van der Waals surface area contributed by atoms with E-state index in [0.29, 0.717) is 18.3 Å². The molecule has 1 fully saturated rings. The van der Waals surface area contributed by atoms with Gasteiger partial charge in [-0.15, -0.1) is 0 Å². The highest BCUT2D eigenvalue weighted by molar-refractivity contribution is 5.57. The van der Waals surface area contributed by atoms with Crippen molar-refractivity contribution in [3.8, 4) is 11.4 Å². The Morgan fingerprint density at radius 1 is 1.47 bits per heavy atom. The van der Waals surface area contributed by atoms with Crippen LogP contribution in [0.4, 0.5) is 0 Å². The molecule has 2 aromatic heterocycles. The summed E-state index contributed by atoms with van der Waals surface area (Å²) in [6.45, 7) is 6.09. The van der Waals surface area contributed by atoms with E-state index in [9.17, 15) is 0 Å². The fourth-order valence-electron chi connectivity index (χ4n) is 1.96. The van der Waals surface area contributed by atoms with Crippen LogP contribution in [0.25, 0.3) is 11.4 Å². The van der Waals surface area contributed by atoms with Gasteiger partial charge in [0, 0.05) is 31.0 Å². The second-order valence-electron chi connectivity index (χ2n) is 5.04. The minimum absolute atomic E-state index is 0.110. The third-order valence-electron chi connectivity index (χ3n) is 3.27. The highest BCUT2D eigenvalue weighted by atomic mass is 16.5. The zero-order valence-corrected chi connectivity index (χ0v) is 11.0. The van der Waals surface area contributed by atoms with Gasteiger partial charge < -0.3 is 14.6 Å². The Kier molecular flexibility index (Phi) is 3.04. The van der Waals surface area contributed by atoms with E-state index in [0.717, 1.165) is 24.2 Å². The molecule has 0 bridgehead atoms. The predicted molar refractivity (Wildman–Crippen MR) is 68.3 cm³/mol. The third-order valence-corrected chi connectivity index (χ3v) is 3.27. The molecular formula is C13H16N4O2. The molecule has 19 heavy (non-hydrogen) atoms. The zero-order chi connectivity index (χ0) is 13.3. The summed E-state index contributed by atoms with van der Waals surface area (Å²) in [6, 6.07) is 1.88. The summed E-state index contributed by atoms with van der Waals surface area (Å²) in [4.78, 5) is 8.40. The molecule has 0 atom stereocenters. The van der Waals surface area contributed by atoms with Gasteiger partial charge in [0.25, 0.3) is 5.89 Å². The number of aryl methyl sites for hydroxylation is 1. The Morgan fingerprint density at radius 3 is 3.00 bits per heavy atom. The molecule has 2 aromatic rings. The van der Waals surface area contributed by atoms with Gasteiger partial charge >= 0.3 is 0 Å². The minimum atomic E-state index is -0.110. The van der Waals surface area contributed by atoms with Gasteiger partial charge in [-0.2, -0.15) is 4.98 Å². The van der Waals surface area contributed by atoms with Crippen LogP contribution in [-0.4, -0.2) is 33.8 Å². The van der Waals surface area contributed by atoms with Gasteiger partial charge in [-0.3, -0.25) is 4.98 Å². The third kappa shape index (κ3) is 2.50. The lowest BCUT2D eigenvalue weighted by atomic mass is 10.0. The largest absolute Gasteiger partial charge is 0.363 e. The van der Waals surface area contributed by atoms with Crippen LogP contribution in [0.5, 0.6) is 0 Å². The van der Waals surface area contributed by atoms with Crippen molar-refractivity contribution in [3.05, 3.63) is 29.9 Å². The molecule has 1 N–H and O–H groups in total. The lowest BCUT2D eigenvalue weighted by Gasteiger charge is -2.38. The predicted octanol–water partition coefficient (Wildman–Crippen LogP) is 1.32. The van der Waals surface area contributed by atoms with Crippen molar-refractivity contribution < 1.29 is 9.26 Å². The first-order valence-electron chi connectivity index (χ1n) is 6.25. The van der Waals surface area contributed by atoms with Crippen molar-refractivity contribution in [3.63, 3.8) is 0 Å². The SMILES string of the molecule is Cc1cnccc1-c1noc(COC2(C)CNC2)n1. The zero-order valence-electron chi connectivity index (χ0n) is 11.0. The molecule has 0 amide bonds. The van der Waals surface area contributed by atoms with Crippen molar-refractivity contribution >= 4 is 0 Å². The van der Waals surface area contributed by atoms with Gasteiger partial charge in [-0.1, -0.05) is 5.16 Å². The van der Waals surface area contributed by atoms with Crippen molar-refractivity contribution in [2.75, 3.05) is 13.1 Å². The number of nitrogens with one attached hydrogen (secondary N) is 1. The molecule has 6 nitrogen and oxygen atoms in total. The van der Waals surface area contributed by atoms with E-state index in [1.54, 1.807) is 12.4 Å². The van der Waals surface area contributed by atoms with Crippen molar-refractivity contribution in [1.29, 1.82) is 0 Å². The number of aromatic nitrogens is 3. The molecule has 0 aromatic carbocycles. The van der Waals surface area contributed by atoms with Crippen molar-refractivity contribution in [2.45, 2.75) is 26.1 Å². The minimum Gasteiger partial charge on any atom is -0.363 e. The first kappa shape index (κ1) is 12.3. The van der Waals surface area contributed by atoms with Gasteiger partial charge in [0.2, 0.25) is 5.82 Å².